The number of rotatable bonds is 5. The van der Waals surface area contributed by atoms with Crippen molar-refractivity contribution in [3.8, 4) is 6.07 Å². The van der Waals surface area contributed by atoms with Crippen LogP contribution in [0.3, 0.4) is 0 Å². The van der Waals surface area contributed by atoms with E-state index >= 15 is 0 Å². The van der Waals surface area contributed by atoms with Gasteiger partial charge in [-0.15, -0.1) is 0 Å². The van der Waals surface area contributed by atoms with Crippen molar-refractivity contribution in [2.24, 2.45) is 0 Å². The Morgan fingerprint density at radius 2 is 2.10 bits per heavy atom. The highest BCUT2D eigenvalue weighted by molar-refractivity contribution is 7.99. The molecule has 0 saturated heterocycles. The predicted octanol–water partition coefficient (Wildman–Crippen LogP) is 2.47. The monoisotopic (exact) mass is 298 g/mol. The topological polar surface area (TPSA) is 92.7 Å². The first-order chi connectivity index (χ1) is 10.1. The highest BCUT2D eigenvalue weighted by Gasteiger charge is 2.09. The molecule has 0 aliphatic rings. The number of aryl methyl sites for hydroxylation is 1. The van der Waals surface area contributed by atoms with Crippen LogP contribution in [0.4, 0.5) is 5.82 Å². The molecule has 5 nitrogen and oxygen atoms in total. The number of aromatic nitrogens is 2. The van der Waals surface area contributed by atoms with Crippen LogP contribution in [0.15, 0.2) is 35.6 Å². The van der Waals surface area contributed by atoms with E-state index in [1.165, 1.54) is 23.5 Å². The number of carbonyl (C=O) groups is 1. The summed E-state index contributed by atoms with van der Waals surface area (Å²) in [5.74, 6) is 0.375. The summed E-state index contributed by atoms with van der Waals surface area (Å²) in [7, 11) is 0. The third-order valence-electron chi connectivity index (χ3n) is 2.93. The largest absolute Gasteiger partial charge is 0.382 e. The van der Waals surface area contributed by atoms with Crippen LogP contribution in [0.2, 0.25) is 0 Å². The lowest BCUT2D eigenvalue weighted by molar-refractivity contribution is 0.102. The summed E-state index contributed by atoms with van der Waals surface area (Å²) in [6, 6.07) is 9.46. The summed E-state index contributed by atoms with van der Waals surface area (Å²) < 4.78 is 0. The quantitative estimate of drug-likeness (QED) is 0.518. The third kappa shape index (κ3) is 3.80. The van der Waals surface area contributed by atoms with Crippen LogP contribution in [0.25, 0.3) is 0 Å². The maximum absolute atomic E-state index is 12.1. The molecular weight excluding hydrogens is 284 g/mol. The Hall–Kier alpha value is -2.39. The zero-order valence-electron chi connectivity index (χ0n) is 11.5. The van der Waals surface area contributed by atoms with Gasteiger partial charge >= 0.3 is 0 Å². The number of nitrogens with two attached hydrogens (primary N) is 1. The van der Waals surface area contributed by atoms with Crippen LogP contribution < -0.4 is 5.73 Å². The van der Waals surface area contributed by atoms with Gasteiger partial charge in [0.1, 0.15) is 17.5 Å². The molecule has 1 heterocycles. The van der Waals surface area contributed by atoms with E-state index in [0.29, 0.717) is 10.7 Å². The molecule has 0 atom stereocenters. The number of benzene rings is 1. The fourth-order valence-corrected chi connectivity index (χ4v) is 2.39. The lowest BCUT2D eigenvalue weighted by Crippen LogP contribution is -2.04. The van der Waals surface area contributed by atoms with Crippen molar-refractivity contribution in [2.75, 3.05) is 11.5 Å². The van der Waals surface area contributed by atoms with Crippen LogP contribution in [0.1, 0.15) is 28.4 Å². The first-order valence-corrected chi connectivity index (χ1v) is 7.40. The minimum Gasteiger partial charge on any atom is -0.382 e. The van der Waals surface area contributed by atoms with Crippen molar-refractivity contribution in [3.05, 3.63) is 47.2 Å². The third-order valence-corrected chi connectivity index (χ3v) is 3.79. The van der Waals surface area contributed by atoms with Crippen molar-refractivity contribution in [2.45, 2.75) is 18.5 Å². The number of carbonyl (C=O) groups excluding carboxylic acids is 1. The number of thioether (sulfide) groups is 1. The van der Waals surface area contributed by atoms with Gasteiger partial charge in [0.25, 0.3) is 0 Å². The number of anilines is 1. The van der Waals surface area contributed by atoms with Crippen LogP contribution >= 0.6 is 11.8 Å². The summed E-state index contributed by atoms with van der Waals surface area (Å²) in [4.78, 5) is 20.1. The van der Waals surface area contributed by atoms with Crippen molar-refractivity contribution < 1.29 is 4.79 Å². The standard InChI is InChI=1S/C15H14N4OS/c1-2-10-3-5-11(6-4-10)13(20)9-21-15-18-8-12(7-16)14(17)19-15/h3-6,8H,2,9H2,1H3,(H2,17,18,19). The minimum absolute atomic E-state index is 0.00850. The zero-order valence-corrected chi connectivity index (χ0v) is 12.4. The van der Waals surface area contributed by atoms with E-state index in [-0.39, 0.29) is 22.9 Å². The first-order valence-electron chi connectivity index (χ1n) is 6.41. The number of hydrogen-bond donors (Lipinski definition) is 1. The van der Waals surface area contributed by atoms with E-state index in [1.54, 1.807) is 0 Å². The SMILES string of the molecule is CCc1ccc(C(=O)CSc2ncc(C#N)c(N)n2)cc1. The number of nitrogen functional groups attached to an aromatic ring is 1. The fourth-order valence-electron chi connectivity index (χ4n) is 1.67. The second kappa shape index (κ2) is 6.86. The van der Waals surface area contributed by atoms with E-state index < -0.39 is 0 Å². The maximum Gasteiger partial charge on any atom is 0.189 e. The van der Waals surface area contributed by atoms with E-state index in [1.807, 2.05) is 30.3 Å². The second-order valence-corrected chi connectivity index (χ2v) is 5.27. The molecule has 0 amide bonds. The van der Waals surface area contributed by atoms with Crippen LogP contribution in [0, 0.1) is 11.3 Å². The van der Waals surface area contributed by atoms with Gasteiger partial charge in [-0.1, -0.05) is 43.0 Å². The van der Waals surface area contributed by atoms with Crippen LogP contribution in [-0.4, -0.2) is 21.5 Å². The maximum atomic E-state index is 12.1. The van der Waals surface area contributed by atoms with E-state index in [2.05, 4.69) is 16.9 Å². The van der Waals surface area contributed by atoms with E-state index in [4.69, 9.17) is 11.0 Å². The van der Waals surface area contributed by atoms with Crippen molar-refractivity contribution in [1.29, 1.82) is 5.26 Å². The van der Waals surface area contributed by atoms with Gasteiger partial charge in [-0.05, 0) is 12.0 Å². The normalized spacial score (nSPS) is 10.1. The average molecular weight is 298 g/mol. The summed E-state index contributed by atoms with van der Waals surface area (Å²) >= 11 is 1.21. The first kappa shape index (κ1) is 15.0. The average Bonchev–Trinajstić information content (AvgIpc) is 2.52. The molecule has 106 valence electrons. The highest BCUT2D eigenvalue weighted by Crippen LogP contribution is 2.17. The van der Waals surface area contributed by atoms with Crippen LogP contribution in [-0.2, 0) is 6.42 Å². The molecule has 0 spiro atoms. The molecule has 0 aliphatic carbocycles. The molecule has 0 radical (unpaired) electrons. The molecule has 0 unspecified atom stereocenters. The lowest BCUT2D eigenvalue weighted by Gasteiger charge is -2.03. The van der Waals surface area contributed by atoms with Gasteiger partial charge in [0, 0.05) is 5.56 Å². The number of nitriles is 1. The van der Waals surface area contributed by atoms with Crippen molar-refractivity contribution in [3.63, 3.8) is 0 Å². The predicted molar refractivity (Wildman–Crippen MR) is 82.0 cm³/mol. The summed E-state index contributed by atoms with van der Waals surface area (Å²) in [6.45, 7) is 2.07. The summed E-state index contributed by atoms with van der Waals surface area (Å²) in [6.07, 6.45) is 2.31. The molecule has 2 N–H and O–H groups in total. The molecule has 0 saturated carbocycles. The number of nitrogens with zero attached hydrogens (tertiary/aromatic N) is 3. The van der Waals surface area contributed by atoms with E-state index in [9.17, 15) is 4.79 Å². The Morgan fingerprint density at radius 3 is 2.67 bits per heavy atom. The van der Waals surface area contributed by atoms with Crippen LogP contribution in [0.5, 0.6) is 0 Å². The Balaban J connectivity index is 2.00. The van der Waals surface area contributed by atoms with Crippen molar-refractivity contribution in [1.82, 2.24) is 9.97 Å². The van der Waals surface area contributed by atoms with Gasteiger partial charge < -0.3 is 5.73 Å². The number of Topliss-reactive ketones (excluding diaryl/α,β-unsaturated/α-hetero) is 1. The highest BCUT2D eigenvalue weighted by atomic mass is 32.2. The van der Waals surface area contributed by atoms with Gasteiger partial charge in [-0.25, -0.2) is 9.97 Å². The zero-order chi connectivity index (χ0) is 15.2. The number of ketones is 1. The molecule has 1 aromatic heterocycles. The lowest BCUT2D eigenvalue weighted by atomic mass is 10.1. The smallest absolute Gasteiger partial charge is 0.189 e. The Morgan fingerprint density at radius 1 is 1.38 bits per heavy atom. The molecule has 1 aromatic carbocycles. The molecule has 6 heteroatoms. The van der Waals surface area contributed by atoms with Crippen molar-refractivity contribution >= 4 is 23.4 Å². The number of hydrogen-bond acceptors (Lipinski definition) is 6. The molecule has 2 aromatic rings. The van der Waals surface area contributed by atoms with Gasteiger partial charge in [0.05, 0.1) is 11.9 Å². The van der Waals surface area contributed by atoms with Gasteiger partial charge in [-0.3, -0.25) is 4.79 Å². The minimum atomic E-state index is 0.00850. The molecule has 21 heavy (non-hydrogen) atoms. The van der Waals surface area contributed by atoms with Gasteiger partial charge in [0.15, 0.2) is 10.9 Å². The Labute approximate surface area is 127 Å². The second-order valence-electron chi connectivity index (χ2n) is 4.33. The summed E-state index contributed by atoms with van der Waals surface area (Å²) in [5, 5.41) is 9.14. The molecule has 0 bridgehead atoms. The van der Waals surface area contributed by atoms with E-state index in [0.717, 1.165) is 6.42 Å². The molecule has 0 fully saturated rings. The molecule has 0 aliphatic heterocycles. The molecule has 2 rings (SSSR count). The molecular formula is C15H14N4OS. The Kier molecular flexibility index (Phi) is 4.90. The summed E-state index contributed by atoms with van der Waals surface area (Å²) in [5.41, 5.74) is 7.71. The Bertz CT molecular complexity index is 692. The van der Waals surface area contributed by atoms with Gasteiger partial charge in [0.2, 0.25) is 0 Å². The van der Waals surface area contributed by atoms with Gasteiger partial charge in [-0.2, -0.15) is 5.26 Å². The fraction of sp³-hybridized carbons (Fsp3) is 0.200.